The van der Waals surface area contributed by atoms with Gasteiger partial charge in [0.25, 0.3) is 0 Å². The average molecular weight is 430 g/mol. The van der Waals surface area contributed by atoms with E-state index in [1.54, 1.807) is 12.3 Å². The summed E-state index contributed by atoms with van der Waals surface area (Å²) in [6, 6.07) is 8.34. The van der Waals surface area contributed by atoms with E-state index in [4.69, 9.17) is 9.47 Å². The van der Waals surface area contributed by atoms with Crippen LogP contribution in [0.3, 0.4) is 0 Å². The summed E-state index contributed by atoms with van der Waals surface area (Å²) in [7, 11) is 1.36. The minimum atomic E-state index is -0.377. The van der Waals surface area contributed by atoms with Crippen LogP contribution in [0.5, 0.6) is 5.75 Å². The van der Waals surface area contributed by atoms with Crippen LogP contribution in [0.15, 0.2) is 53.2 Å². The molecule has 7 heteroatoms. The quantitative estimate of drug-likeness (QED) is 0.145. The summed E-state index contributed by atoms with van der Waals surface area (Å²) in [5.41, 5.74) is 2.17. The molecule has 1 fully saturated rings. The van der Waals surface area contributed by atoms with Crippen LogP contribution in [0.2, 0.25) is 0 Å². The maximum atomic E-state index is 11.1. The molecular weight excluding hydrogens is 394 g/mol. The number of carbonyl (C=O) groups is 1. The minimum Gasteiger partial charge on any atom is -0.494 e. The summed E-state index contributed by atoms with van der Waals surface area (Å²) >= 11 is 0. The van der Waals surface area contributed by atoms with Crippen molar-refractivity contribution in [1.82, 2.24) is 10.2 Å². The Morgan fingerprint density at radius 3 is 2.65 bits per heavy atom. The summed E-state index contributed by atoms with van der Waals surface area (Å²) in [4.78, 5) is 18.0. The average Bonchev–Trinajstić information content (AvgIpc) is 2.81. The molecule has 0 aliphatic carbocycles. The van der Waals surface area contributed by atoms with Gasteiger partial charge >= 0.3 is 5.97 Å². The fourth-order valence-corrected chi connectivity index (χ4v) is 2.96. The molecule has 0 amide bonds. The first-order chi connectivity index (χ1) is 15.1. The van der Waals surface area contributed by atoms with Crippen molar-refractivity contribution in [3.8, 4) is 5.75 Å². The minimum absolute atomic E-state index is 0.377. The van der Waals surface area contributed by atoms with Crippen LogP contribution in [0.25, 0.3) is 0 Å². The number of aliphatic imine (C=N–C) groups is 1. The summed E-state index contributed by atoms with van der Waals surface area (Å²) in [6.07, 6.45) is 6.48. The Morgan fingerprint density at radius 2 is 1.97 bits per heavy atom. The Balaban J connectivity index is 1.66. The molecule has 0 unspecified atom stereocenters. The van der Waals surface area contributed by atoms with E-state index in [0.717, 1.165) is 69.4 Å². The molecule has 2 rings (SSSR count). The van der Waals surface area contributed by atoms with Crippen molar-refractivity contribution in [3.63, 3.8) is 0 Å². The number of amidine groups is 1. The van der Waals surface area contributed by atoms with Gasteiger partial charge in [0.05, 0.1) is 26.9 Å². The number of nitrogens with one attached hydrogen (secondary N) is 1. The molecule has 1 aromatic rings. The zero-order valence-electron chi connectivity index (χ0n) is 18.9. The normalized spacial score (nSPS) is 15.8. The van der Waals surface area contributed by atoms with Gasteiger partial charge in [-0.25, -0.2) is 9.79 Å². The number of morpholine rings is 1. The van der Waals surface area contributed by atoms with E-state index in [9.17, 15) is 4.79 Å². The molecule has 1 saturated heterocycles. The number of ether oxygens (including phenoxy) is 3. The highest BCUT2D eigenvalue weighted by atomic mass is 16.5. The predicted octanol–water partition coefficient (Wildman–Crippen LogP) is 3.32. The maximum absolute atomic E-state index is 11.1. The number of carbonyl (C=O) groups excluding carboxylic acids is 1. The number of rotatable bonds is 11. The molecule has 31 heavy (non-hydrogen) atoms. The summed E-state index contributed by atoms with van der Waals surface area (Å²) < 4.78 is 15.8. The van der Waals surface area contributed by atoms with Crippen molar-refractivity contribution in [3.05, 3.63) is 53.8 Å². The molecule has 0 spiro atoms. The fraction of sp³-hybridized carbons (Fsp3) is 0.500. The third-order valence-electron chi connectivity index (χ3n) is 4.79. The number of allylic oxidation sites excluding steroid dienone is 2. The Morgan fingerprint density at radius 1 is 1.23 bits per heavy atom. The first kappa shape index (κ1) is 24.6. The van der Waals surface area contributed by atoms with E-state index < -0.39 is 0 Å². The SMILES string of the molecule is CC\C(=N/C=C(C)/C=C/C(=O)OC)NCCCOc1ccc(CN2CCOCC2)cc1. The van der Waals surface area contributed by atoms with Gasteiger partial charge in [0.15, 0.2) is 0 Å². The number of methoxy groups -OCH3 is 1. The van der Waals surface area contributed by atoms with Crippen LogP contribution in [-0.4, -0.2) is 63.3 Å². The van der Waals surface area contributed by atoms with Crippen LogP contribution in [0, 0.1) is 0 Å². The molecule has 1 aromatic carbocycles. The third-order valence-corrected chi connectivity index (χ3v) is 4.79. The predicted molar refractivity (Wildman–Crippen MR) is 123 cm³/mol. The Kier molecular flexibility index (Phi) is 11.4. The van der Waals surface area contributed by atoms with Crippen LogP contribution < -0.4 is 10.1 Å². The van der Waals surface area contributed by atoms with Gasteiger partial charge in [0.2, 0.25) is 0 Å². The second-order valence-corrected chi connectivity index (χ2v) is 7.32. The van der Waals surface area contributed by atoms with Gasteiger partial charge in [-0.2, -0.15) is 0 Å². The monoisotopic (exact) mass is 429 g/mol. The largest absolute Gasteiger partial charge is 0.494 e. The zero-order valence-corrected chi connectivity index (χ0v) is 18.9. The maximum Gasteiger partial charge on any atom is 0.330 e. The smallest absolute Gasteiger partial charge is 0.330 e. The first-order valence-electron chi connectivity index (χ1n) is 10.9. The van der Waals surface area contributed by atoms with Crippen LogP contribution in [0.4, 0.5) is 0 Å². The molecule has 0 bridgehead atoms. The van der Waals surface area contributed by atoms with Gasteiger partial charge in [-0.05, 0) is 36.6 Å². The van der Waals surface area contributed by atoms with Crippen LogP contribution in [-0.2, 0) is 20.8 Å². The second-order valence-electron chi connectivity index (χ2n) is 7.32. The fourth-order valence-electron chi connectivity index (χ4n) is 2.96. The zero-order chi connectivity index (χ0) is 22.3. The number of nitrogens with zero attached hydrogens (tertiary/aromatic N) is 2. The lowest BCUT2D eigenvalue weighted by molar-refractivity contribution is -0.134. The molecule has 0 atom stereocenters. The Hall–Kier alpha value is -2.64. The first-order valence-corrected chi connectivity index (χ1v) is 10.9. The van der Waals surface area contributed by atoms with Crippen molar-refractivity contribution in [1.29, 1.82) is 0 Å². The standard InChI is InChI=1S/C24H35N3O4/c1-4-23(26-18-20(2)6-11-24(28)29-3)25-12-5-15-31-22-9-7-21(8-10-22)19-27-13-16-30-17-14-27/h6-11,18H,4-5,12-17,19H2,1-3H3,(H,25,26)/b11-6+,20-18+. The van der Waals surface area contributed by atoms with E-state index in [1.807, 2.05) is 26.0 Å². The molecule has 1 N–H and O–H groups in total. The van der Waals surface area contributed by atoms with Gasteiger partial charge in [-0.15, -0.1) is 0 Å². The topological polar surface area (TPSA) is 72.4 Å². The summed E-state index contributed by atoms with van der Waals surface area (Å²) in [5, 5.41) is 3.34. The van der Waals surface area contributed by atoms with Gasteiger partial charge in [-0.1, -0.05) is 25.1 Å². The van der Waals surface area contributed by atoms with E-state index in [0.29, 0.717) is 6.61 Å². The Bertz CT molecular complexity index is 751. The van der Waals surface area contributed by atoms with Gasteiger partial charge in [0.1, 0.15) is 11.6 Å². The van der Waals surface area contributed by atoms with Gasteiger partial charge < -0.3 is 19.5 Å². The molecule has 0 saturated carbocycles. The highest BCUT2D eigenvalue weighted by molar-refractivity contribution is 5.83. The third kappa shape index (κ3) is 10.3. The number of esters is 1. The van der Waals surface area contributed by atoms with Crippen molar-refractivity contribution in [2.45, 2.75) is 33.2 Å². The molecule has 7 nitrogen and oxygen atoms in total. The van der Waals surface area contributed by atoms with Crippen molar-refractivity contribution in [2.75, 3.05) is 46.6 Å². The molecule has 0 radical (unpaired) electrons. The lowest BCUT2D eigenvalue weighted by Gasteiger charge is -2.26. The lowest BCUT2D eigenvalue weighted by atomic mass is 10.2. The highest BCUT2D eigenvalue weighted by Gasteiger charge is 2.10. The molecule has 170 valence electrons. The number of benzene rings is 1. The Labute approximate surface area is 185 Å². The molecular formula is C24H35N3O4. The van der Waals surface area contributed by atoms with Crippen molar-refractivity contribution < 1.29 is 19.0 Å². The number of hydrogen-bond donors (Lipinski definition) is 1. The summed E-state index contributed by atoms with van der Waals surface area (Å²) in [5.74, 6) is 1.42. The summed E-state index contributed by atoms with van der Waals surface area (Å²) in [6.45, 7) is 9.95. The second kappa shape index (κ2) is 14.4. The molecule has 1 heterocycles. The molecule has 1 aliphatic rings. The number of hydrogen-bond acceptors (Lipinski definition) is 6. The van der Waals surface area contributed by atoms with E-state index in [-0.39, 0.29) is 5.97 Å². The van der Waals surface area contributed by atoms with E-state index >= 15 is 0 Å². The highest BCUT2D eigenvalue weighted by Crippen LogP contribution is 2.14. The van der Waals surface area contributed by atoms with Crippen molar-refractivity contribution >= 4 is 11.8 Å². The molecule has 0 aromatic heterocycles. The van der Waals surface area contributed by atoms with Crippen LogP contribution in [0.1, 0.15) is 32.3 Å². The van der Waals surface area contributed by atoms with Crippen LogP contribution >= 0.6 is 0 Å². The lowest BCUT2D eigenvalue weighted by Crippen LogP contribution is -2.35. The van der Waals surface area contributed by atoms with E-state index in [2.05, 4.69) is 32.1 Å². The van der Waals surface area contributed by atoms with Gasteiger partial charge in [-0.3, -0.25) is 4.90 Å². The van der Waals surface area contributed by atoms with Gasteiger partial charge in [0, 0.05) is 44.9 Å². The molecule has 1 aliphatic heterocycles. The van der Waals surface area contributed by atoms with Crippen molar-refractivity contribution in [2.24, 2.45) is 4.99 Å². The van der Waals surface area contributed by atoms with E-state index in [1.165, 1.54) is 18.7 Å².